The van der Waals surface area contributed by atoms with Crippen LogP contribution in [-0.2, 0) is 16.0 Å². The fraction of sp³-hybridized carbons (Fsp3) is 0.458. The Morgan fingerprint density at radius 1 is 0.931 bits per heavy atom. The summed E-state index contributed by atoms with van der Waals surface area (Å²) in [5, 5.41) is 0. The lowest BCUT2D eigenvalue weighted by Gasteiger charge is -2.35. The predicted octanol–water partition coefficient (Wildman–Crippen LogP) is 3.52. The molecule has 0 aromatic heterocycles. The summed E-state index contributed by atoms with van der Waals surface area (Å²) >= 11 is 0. The first-order valence-electron chi connectivity index (χ1n) is 10.6. The normalized spacial score (nSPS) is 20.9. The molecule has 2 aromatic carbocycles. The van der Waals surface area contributed by atoms with Gasteiger partial charge in [0.25, 0.3) is 0 Å². The van der Waals surface area contributed by atoms with Gasteiger partial charge in [-0.3, -0.25) is 9.69 Å². The standard InChI is InChI=1S/C24H30N2O3/c1-28-23-10-6-5-9-21(23)26-17-13-22(24(26)27)25-15-11-20(12-16-25)29-18-14-19-7-3-2-4-8-19/h2-10,20,22H,11-18H2,1H3. The van der Waals surface area contributed by atoms with E-state index in [0.717, 1.165) is 63.4 Å². The number of hydrogen-bond donors (Lipinski definition) is 0. The fourth-order valence-corrected chi connectivity index (χ4v) is 4.44. The van der Waals surface area contributed by atoms with Gasteiger partial charge >= 0.3 is 0 Å². The molecule has 0 saturated carbocycles. The lowest BCUT2D eigenvalue weighted by molar-refractivity contribution is -0.122. The van der Waals surface area contributed by atoms with Crippen LogP contribution >= 0.6 is 0 Å². The maximum absolute atomic E-state index is 13.1. The molecule has 2 saturated heterocycles. The van der Waals surface area contributed by atoms with Crippen molar-refractivity contribution in [3.8, 4) is 5.75 Å². The molecule has 0 spiro atoms. The van der Waals surface area contributed by atoms with Gasteiger partial charge in [0, 0.05) is 19.6 Å². The highest BCUT2D eigenvalue weighted by Crippen LogP contribution is 2.33. The van der Waals surface area contributed by atoms with Crippen molar-refractivity contribution >= 4 is 11.6 Å². The number of carbonyl (C=O) groups excluding carboxylic acids is 1. The molecule has 2 heterocycles. The van der Waals surface area contributed by atoms with Crippen LogP contribution in [0.15, 0.2) is 54.6 Å². The third-order valence-corrected chi connectivity index (χ3v) is 6.06. The molecule has 29 heavy (non-hydrogen) atoms. The lowest BCUT2D eigenvalue weighted by atomic mass is 10.0. The number of ether oxygens (including phenoxy) is 2. The monoisotopic (exact) mass is 394 g/mol. The van der Waals surface area contributed by atoms with E-state index in [1.807, 2.05) is 35.2 Å². The first-order valence-corrected chi connectivity index (χ1v) is 10.6. The Balaban J connectivity index is 1.26. The maximum Gasteiger partial charge on any atom is 0.244 e. The van der Waals surface area contributed by atoms with Crippen molar-refractivity contribution in [2.45, 2.75) is 37.8 Å². The number of rotatable bonds is 7. The van der Waals surface area contributed by atoms with E-state index in [2.05, 4.69) is 29.2 Å². The maximum atomic E-state index is 13.1. The Morgan fingerprint density at radius 3 is 2.41 bits per heavy atom. The minimum absolute atomic E-state index is 0.0230. The second-order valence-corrected chi connectivity index (χ2v) is 7.81. The van der Waals surface area contributed by atoms with Crippen LogP contribution in [0.5, 0.6) is 5.75 Å². The van der Waals surface area contributed by atoms with Crippen LogP contribution in [0.1, 0.15) is 24.8 Å². The molecule has 0 N–H and O–H groups in total. The van der Waals surface area contributed by atoms with Gasteiger partial charge in [0.1, 0.15) is 5.75 Å². The Hall–Kier alpha value is -2.37. The minimum atomic E-state index is -0.0230. The van der Waals surface area contributed by atoms with E-state index in [0.29, 0.717) is 6.10 Å². The average molecular weight is 395 g/mol. The van der Waals surface area contributed by atoms with Crippen molar-refractivity contribution in [3.63, 3.8) is 0 Å². The van der Waals surface area contributed by atoms with Gasteiger partial charge in [-0.1, -0.05) is 42.5 Å². The third kappa shape index (κ3) is 4.62. The highest BCUT2D eigenvalue weighted by Gasteiger charge is 2.38. The van der Waals surface area contributed by atoms with E-state index in [4.69, 9.17) is 9.47 Å². The summed E-state index contributed by atoms with van der Waals surface area (Å²) in [5.74, 6) is 0.949. The van der Waals surface area contributed by atoms with Crippen LogP contribution < -0.4 is 9.64 Å². The number of hydrogen-bond acceptors (Lipinski definition) is 4. The SMILES string of the molecule is COc1ccccc1N1CCC(N2CCC(OCCc3ccccc3)CC2)C1=O. The third-order valence-electron chi connectivity index (χ3n) is 6.06. The zero-order valence-corrected chi connectivity index (χ0v) is 17.1. The van der Waals surface area contributed by atoms with Crippen molar-refractivity contribution in [1.29, 1.82) is 0 Å². The summed E-state index contributed by atoms with van der Waals surface area (Å²) in [6.45, 7) is 3.36. The Labute approximate surface area is 173 Å². The Bertz CT molecular complexity index is 803. The first-order chi connectivity index (χ1) is 14.3. The quantitative estimate of drug-likeness (QED) is 0.721. The van der Waals surface area contributed by atoms with E-state index >= 15 is 0 Å². The summed E-state index contributed by atoms with van der Waals surface area (Å²) in [4.78, 5) is 17.3. The Morgan fingerprint density at radius 2 is 1.66 bits per heavy atom. The van der Waals surface area contributed by atoms with Crippen molar-refractivity contribution in [3.05, 3.63) is 60.2 Å². The molecule has 154 valence electrons. The summed E-state index contributed by atoms with van der Waals surface area (Å²) in [6, 6.07) is 18.2. The number of likely N-dealkylation sites (tertiary alicyclic amines) is 1. The van der Waals surface area contributed by atoms with E-state index < -0.39 is 0 Å². The number of nitrogens with zero attached hydrogens (tertiary/aromatic N) is 2. The number of piperidine rings is 1. The summed E-state index contributed by atoms with van der Waals surface area (Å²) in [5.41, 5.74) is 2.19. The number of methoxy groups -OCH3 is 1. The van der Waals surface area contributed by atoms with Gasteiger partial charge in [-0.15, -0.1) is 0 Å². The van der Waals surface area contributed by atoms with E-state index in [-0.39, 0.29) is 11.9 Å². The van der Waals surface area contributed by atoms with Crippen LogP contribution in [0.25, 0.3) is 0 Å². The zero-order chi connectivity index (χ0) is 20.1. The second kappa shape index (κ2) is 9.42. The summed E-state index contributed by atoms with van der Waals surface area (Å²) in [7, 11) is 1.65. The van der Waals surface area contributed by atoms with Crippen molar-refractivity contribution < 1.29 is 14.3 Å². The Kier molecular flexibility index (Phi) is 6.47. The van der Waals surface area contributed by atoms with Crippen LogP contribution in [0.2, 0.25) is 0 Å². The molecule has 1 amide bonds. The molecule has 1 atom stereocenters. The molecular weight excluding hydrogens is 364 g/mol. The summed E-state index contributed by atoms with van der Waals surface area (Å²) < 4.78 is 11.6. The molecule has 2 aromatic rings. The molecule has 2 aliphatic rings. The van der Waals surface area contributed by atoms with E-state index in [1.54, 1.807) is 7.11 Å². The molecule has 5 nitrogen and oxygen atoms in total. The fourth-order valence-electron chi connectivity index (χ4n) is 4.44. The molecule has 2 aliphatic heterocycles. The minimum Gasteiger partial charge on any atom is -0.495 e. The van der Waals surface area contributed by atoms with Crippen LogP contribution in [0.3, 0.4) is 0 Å². The smallest absolute Gasteiger partial charge is 0.244 e. The van der Waals surface area contributed by atoms with E-state index in [9.17, 15) is 4.79 Å². The van der Waals surface area contributed by atoms with Gasteiger partial charge in [-0.2, -0.15) is 0 Å². The van der Waals surface area contributed by atoms with Crippen LogP contribution in [0, 0.1) is 0 Å². The molecule has 0 aliphatic carbocycles. The molecule has 2 fully saturated rings. The topological polar surface area (TPSA) is 42.0 Å². The molecule has 1 unspecified atom stereocenters. The molecule has 0 radical (unpaired) electrons. The first kappa shape index (κ1) is 19.9. The van der Waals surface area contributed by atoms with Gasteiger partial charge in [-0.05, 0) is 43.4 Å². The van der Waals surface area contributed by atoms with Crippen molar-refractivity contribution in [2.24, 2.45) is 0 Å². The van der Waals surface area contributed by atoms with Gasteiger partial charge < -0.3 is 14.4 Å². The predicted molar refractivity (Wildman–Crippen MR) is 114 cm³/mol. The van der Waals surface area contributed by atoms with E-state index in [1.165, 1.54) is 5.56 Å². The largest absolute Gasteiger partial charge is 0.495 e. The van der Waals surface area contributed by atoms with Crippen LogP contribution in [0.4, 0.5) is 5.69 Å². The average Bonchev–Trinajstić information content (AvgIpc) is 3.16. The van der Waals surface area contributed by atoms with Gasteiger partial charge in [-0.25, -0.2) is 0 Å². The van der Waals surface area contributed by atoms with Crippen molar-refractivity contribution in [2.75, 3.05) is 38.3 Å². The number of para-hydroxylation sites is 2. The number of benzene rings is 2. The molecule has 4 rings (SSSR count). The van der Waals surface area contributed by atoms with Crippen LogP contribution in [-0.4, -0.2) is 56.3 Å². The second-order valence-electron chi connectivity index (χ2n) is 7.81. The molecule has 5 heteroatoms. The van der Waals surface area contributed by atoms with Gasteiger partial charge in [0.15, 0.2) is 0 Å². The summed E-state index contributed by atoms with van der Waals surface area (Å²) in [6.07, 6.45) is 4.11. The van der Waals surface area contributed by atoms with Crippen molar-refractivity contribution in [1.82, 2.24) is 4.90 Å². The number of carbonyl (C=O) groups is 1. The highest BCUT2D eigenvalue weighted by molar-refractivity contribution is 6.00. The zero-order valence-electron chi connectivity index (χ0n) is 17.1. The highest BCUT2D eigenvalue weighted by atomic mass is 16.5. The van der Waals surface area contributed by atoms with Gasteiger partial charge in [0.05, 0.1) is 31.5 Å². The lowest BCUT2D eigenvalue weighted by Crippen LogP contribution is -2.47. The van der Waals surface area contributed by atoms with Gasteiger partial charge in [0.2, 0.25) is 5.91 Å². The molecular formula is C24H30N2O3. The molecule has 0 bridgehead atoms. The number of anilines is 1. The number of amides is 1.